The average Bonchev–Trinajstić information content (AvgIpc) is 2.26. The van der Waals surface area contributed by atoms with Crippen molar-refractivity contribution in [2.75, 3.05) is 14.2 Å². The first kappa shape index (κ1) is 11.1. The van der Waals surface area contributed by atoms with Crippen LogP contribution in [0.25, 0.3) is 0 Å². The lowest BCUT2D eigenvalue weighted by Crippen LogP contribution is -2.21. The molecule has 1 aromatic rings. The van der Waals surface area contributed by atoms with Gasteiger partial charge in [-0.3, -0.25) is 0 Å². The SMILES string of the molecule is CN[C@H](C)CCc1ccc(OC)cc1. The zero-order chi connectivity index (χ0) is 10.4. The Bertz CT molecular complexity index is 256. The largest absolute Gasteiger partial charge is 0.497 e. The van der Waals surface area contributed by atoms with E-state index in [0.717, 1.165) is 12.2 Å². The third-order valence-corrected chi connectivity index (χ3v) is 2.52. The zero-order valence-electron chi connectivity index (χ0n) is 9.21. The van der Waals surface area contributed by atoms with Crippen LogP contribution >= 0.6 is 0 Å². The summed E-state index contributed by atoms with van der Waals surface area (Å²) >= 11 is 0. The van der Waals surface area contributed by atoms with Crippen LogP contribution in [-0.2, 0) is 6.42 Å². The van der Waals surface area contributed by atoms with Crippen molar-refractivity contribution >= 4 is 0 Å². The van der Waals surface area contributed by atoms with Crippen LogP contribution in [-0.4, -0.2) is 20.2 Å². The van der Waals surface area contributed by atoms with Crippen molar-refractivity contribution in [3.63, 3.8) is 0 Å². The summed E-state index contributed by atoms with van der Waals surface area (Å²) in [5.41, 5.74) is 1.37. The van der Waals surface area contributed by atoms with E-state index in [4.69, 9.17) is 4.74 Å². The van der Waals surface area contributed by atoms with Gasteiger partial charge in [0, 0.05) is 6.04 Å². The minimum atomic E-state index is 0.581. The highest BCUT2D eigenvalue weighted by Gasteiger charge is 1.99. The summed E-state index contributed by atoms with van der Waals surface area (Å²) in [6.45, 7) is 2.20. The fourth-order valence-electron chi connectivity index (χ4n) is 1.32. The van der Waals surface area contributed by atoms with E-state index in [2.05, 4.69) is 24.4 Å². The summed E-state index contributed by atoms with van der Waals surface area (Å²) in [5, 5.41) is 3.23. The molecule has 0 radical (unpaired) electrons. The van der Waals surface area contributed by atoms with E-state index < -0.39 is 0 Å². The number of ether oxygens (including phenoxy) is 1. The maximum atomic E-state index is 5.10. The van der Waals surface area contributed by atoms with Gasteiger partial charge >= 0.3 is 0 Å². The molecular formula is C12H19NO. The van der Waals surface area contributed by atoms with Gasteiger partial charge in [-0.25, -0.2) is 0 Å². The van der Waals surface area contributed by atoms with Gasteiger partial charge in [-0.1, -0.05) is 12.1 Å². The van der Waals surface area contributed by atoms with E-state index in [-0.39, 0.29) is 0 Å². The van der Waals surface area contributed by atoms with Gasteiger partial charge in [0.05, 0.1) is 7.11 Å². The molecule has 0 saturated carbocycles. The Hall–Kier alpha value is -1.02. The third-order valence-electron chi connectivity index (χ3n) is 2.52. The molecule has 0 saturated heterocycles. The molecule has 0 aliphatic carbocycles. The van der Waals surface area contributed by atoms with Gasteiger partial charge < -0.3 is 10.1 Å². The van der Waals surface area contributed by atoms with Crippen molar-refractivity contribution in [1.82, 2.24) is 5.32 Å². The van der Waals surface area contributed by atoms with Crippen LogP contribution in [0, 0.1) is 0 Å². The minimum absolute atomic E-state index is 0.581. The molecule has 0 aromatic heterocycles. The standard InChI is InChI=1S/C12H19NO/c1-10(13-2)4-5-11-6-8-12(14-3)9-7-11/h6-10,13H,4-5H2,1-3H3/t10-/m1/s1. The van der Waals surface area contributed by atoms with Gasteiger partial charge in [0.2, 0.25) is 0 Å². The Morgan fingerprint density at radius 2 is 1.93 bits per heavy atom. The van der Waals surface area contributed by atoms with E-state index >= 15 is 0 Å². The Kier molecular flexibility index (Phi) is 4.47. The van der Waals surface area contributed by atoms with Gasteiger partial charge in [0.1, 0.15) is 5.75 Å². The van der Waals surface area contributed by atoms with Crippen LogP contribution < -0.4 is 10.1 Å². The molecule has 1 rings (SSSR count). The van der Waals surface area contributed by atoms with Crippen molar-refractivity contribution < 1.29 is 4.74 Å². The number of benzene rings is 1. The van der Waals surface area contributed by atoms with E-state index in [9.17, 15) is 0 Å². The first-order chi connectivity index (χ1) is 6.76. The molecule has 1 aromatic carbocycles. The van der Waals surface area contributed by atoms with Crippen molar-refractivity contribution in [3.05, 3.63) is 29.8 Å². The molecule has 2 nitrogen and oxygen atoms in total. The average molecular weight is 193 g/mol. The van der Waals surface area contributed by atoms with Crippen LogP contribution in [0.1, 0.15) is 18.9 Å². The smallest absolute Gasteiger partial charge is 0.118 e. The lowest BCUT2D eigenvalue weighted by molar-refractivity contribution is 0.414. The van der Waals surface area contributed by atoms with Gasteiger partial charge in [-0.15, -0.1) is 0 Å². The van der Waals surface area contributed by atoms with Gasteiger partial charge in [0.25, 0.3) is 0 Å². The molecule has 1 N–H and O–H groups in total. The molecule has 0 unspecified atom stereocenters. The normalized spacial score (nSPS) is 12.5. The van der Waals surface area contributed by atoms with Gasteiger partial charge in [0.15, 0.2) is 0 Å². The van der Waals surface area contributed by atoms with Crippen LogP contribution in [0.15, 0.2) is 24.3 Å². The number of hydrogen-bond acceptors (Lipinski definition) is 2. The monoisotopic (exact) mass is 193 g/mol. The summed E-state index contributed by atoms with van der Waals surface area (Å²) in [5.74, 6) is 0.926. The topological polar surface area (TPSA) is 21.3 Å². The number of rotatable bonds is 5. The maximum Gasteiger partial charge on any atom is 0.118 e. The second-order valence-corrected chi connectivity index (χ2v) is 3.58. The van der Waals surface area contributed by atoms with Crippen LogP contribution in [0.2, 0.25) is 0 Å². The summed E-state index contributed by atoms with van der Waals surface area (Å²) in [7, 11) is 3.69. The summed E-state index contributed by atoms with van der Waals surface area (Å²) < 4.78 is 5.10. The Labute approximate surface area is 86.3 Å². The fraction of sp³-hybridized carbons (Fsp3) is 0.500. The first-order valence-electron chi connectivity index (χ1n) is 5.06. The highest BCUT2D eigenvalue weighted by atomic mass is 16.5. The molecule has 2 heteroatoms. The lowest BCUT2D eigenvalue weighted by Gasteiger charge is -2.09. The molecule has 0 fully saturated rings. The molecule has 78 valence electrons. The van der Waals surface area contributed by atoms with Gasteiger partial charge in [-0.2, -0.15) is 0 Å². The predicted octanol–water partition coefficient (Wildman–Crippen LogP) is 2.24. The Morgan fingerprint density at radius 3 is 2.43 bits per heavy atom. The number of aryl methyl sites for hydroxylation is 1. The molecular weight excluding hydrogens is 174 g/mol. The molecule has 0 bridgehead atoms. The number of hydrogen-bond donors (Lipinski definition) is 1. The Balaban J connectivity index is 2.43. The molecule has 0 heterocycles. The highest BCUT2D eigenvalue weighted by Crippen LogP contribution is 2.12. The zero-order valence-corrected chi connectivity index (χ0v) is 9.21. The quantitative estimate of drug-likeness (QED) is 0.774. The van der Waals surface area contributed by atoms with E-state index in [1.54, 1.807) is 7.11 Å². The maximum absolute atomic E-state index is 5.10. The molecule has 14 heavy (non-hydrogen) atoms. The summed E-state index contributed by atoms with van der Waals surface area (Å²) in [6, 6.07) is 8.86. The molecule has 0 aliphatic heterocycles. The molecule has 0 amide bonds. The fourth-order valence-corrected chi connectivity index (χ4v) is 1.32. The minimum Gasteiger partial charge on any atom is -0.497 e. The van der Waals surface area contributed by atoms with Crippen LogP contribution in [0.3, 0.4) is 0 Å². The second kappa shape index (κ2) is 5.66. The molecule has 0 aliphatic rings. The van der Waals surface area contributed by atoms with E-state index in [1.807, 2.05) is 19.2 Å². The molecule has 1 atom stereocenters. The van der Waals surface area contributed by atoms with Gasteiger partial charge in [-0.05, 0) is 44.5 Å². The predicted molar refractivity (Wildman–Crippen MR) is 59.8 cm³/mol. The van der Waals surface area contributed by atoms with Crippen LogP contribution in [0.4, 0.5) is 0 Å². The van der Waals surface area contributed by atoms with E-state index in [1.165, 1.54) is 12.0 Å². The summed E-state index contributed by atoms with van der Waals surface area (Å²) in [6.07, 6.45) is 2.29. The van der Waals surface area contributed by atoms with Crippen molar-refractivity contribution in [1.29, 1.82) is 0 Å². The Morgan fingerprint density at radius 1 is 1.29 bits per heavy atom. The van der Waals surface area contributed by atoms with E-state index in [0.29, 0.717) is 6.04 Å². The third kappa shape index (κ3) is 3.38. The van der Waals surface area contributed by atoms with Crippen LogP contribution in [0.5, 0.6) is 5.75 Å². The lowest BCUT2D eigenvalue weighted by atomic mass is 10.1. The summed E-state index contributed by atoms with van der Waals surface area (Å²) in [4.78, 5) is 0. The van der Waals surface area contributed by atoms with Crippen molar-refractivity contribution in [2.45, 2.75) is 25.8 Å². The number of methoxy groups -OCH3 is 1. The molecule has 0 spiro atoms. The van der Waals surface area contributed by atoms with Crippen molar-refractivity contribution in [3.8, 4) is 5.75 Å². The van der Waals surface area contributed by atoms with Crippen molar-refractivity contribution in [2.24, 2.45) is 0 Å². The number of nitrogens with one attached hydrogen (secondary N) is 1. The second-order valence-electron chi connectivity index (χ2n) is 3.58. The first-order valence-corrected chi connectivity index (χ1v) is 5.06. The highest BCUT2D eigenvalue weighted by molar-refractivity contribution is 5.27.